The molecule has 0 saturated carbocycles. The zero-order valence-corrected chi connectivity index (χ0v) is 21.2. The van der Waals surface area contributed by atoms with Crippen LogP contribution in [-0.2, 0) is 24.2 Å². The zero-order valence-electron chi connectivity index (χ0n) is 21.2. The fourth-order valence-corrected chi connectivity index (χ4v) is 5.09. The number of carboxylic acid groups (broad SMARTS) is 1. The molecule has 1 saturated heterocycles. The number of fused-ring (bicyclic) bond motifs is 2. The van der Waals surface area contributed by atoms with Gasteiger partial charge in [0, 0.05) is 37.1 Å². The number of rotatable bonds is 5. The van der Waals surface area contributed by atoms with Crippen LogP contribution in [0.2, 0.25) is 0 Å². The summed E-state index contributed by atoms with van der Waals surface area (Å²) in [6, 6.07) is 7.78. The fourth-order valence-electron chi connectivity index (χ4n) is 5.09. The molecule has 5 heterocycles. The van der Waals surface area contributed by atoms with Gasteiger partial charge in [0.05, 0.1) is 37.1 Å². The van der Waals surface area contributed by atoms with Crippen molar-refractivity contribution in [2.24, 2.45) is 0 Å². The third-order valence-corrected chi connectivity index (χ3v) is 7.36. The van der Waals surface area contributed by atoms with Crippen LogP contribution in [0.4, 0.5) is 27.8 Å². The molecule has 2 amide bonds. The van der Waals surface area contributed by atoms with Crippen LogP contribution >= 0.6 is 0 Å². The van der Waals surface area contributed by atoms with E-state index in [0.29, 0.717) is 30.5 Å². The number of carbonyl (C=O) groups is 2. The van der Waals surface area contributed by atoms with E-state index in [0.717, 1.165) is 66.2 Å². The molecule has 6 rings (SSSR count). The molecule has 1 fully saturated rings. The average Bonchev–Trinajstić information content (AvgIpc) is 2.88. The van der Waals surface area contributed by atoms with E-state index in [-0.39, 0.29) is 19.1 Å². The highest BCUT2D eigenvalue weighted by Gasteiger charge is 2.30. The number of anilines is 4. The minimum atomic E-state index is -1.01. The van der Waals surface area contributed by atoms with E-state index in [1.165, 1.54) is 4.90 Å². The Morgan fingerprint density at radius 2 is 1.89 bits per heavy atom. The van der Waals surface area contributed by atoms with Crippen LogP contribution in [0.3, 0.4) is 0 Å². The fraction of sp³-hybridized carbons (Fsp3) is 0.370. The third kappa shape index (κ3) is 4.55. The molecule has 0 aliphatic carbocycles. The first-order chi connectivity index (χ1) is 18.5. The summed E-state index contributed by atoms with van der Waals surface area (Å²) in [7, 11) is 0. The first-order valence-electron chi connectivity index (χ1n) is 12.8. The summed E-state index contributed by atoms with van der Waals surface area (Å²) in [5.74, 6) is 1.02. The van der Waals surface area contributed by atoms with Crippen molar-refractivity contribution >= 4 is 35.0 Å². The minimum absolute atomic E-state index is 0.173. The number of nitrogens with one attached hydrogen (secondary N) is 1. The summed E-state index contributed by atoms with van der Waals surface area (Å²) in [6.07, 6.45) is 4.87. The van der Waals surface area contributed by atoms with Gasteiger partial charge >= 0.3 is 6.09 Å². The molecule has 11 heteroatoms. The van der Waals surface area contributed by atoms with Crippen LogP contribution in [0.5, 0.6) is 5.88 Å². The molecular weight excluding hydrogens is 486 g/mol. The Balaban J connectivity index is 1.17. The van der Waals surface area contributed by atoms with Crippen molar-refractivity contribution in [2.45, 2.75) is 32.7 Å². The first kappa shape index (κ1) is 24.0. The van der Waals surface area contributed by atoms with Gasteiger partial charge in [-0.1, -0.05) is 12.1 Å². The van der Waals surface area contributed by atoms with Gasteiger partial charge in [-0.15, -0.1) is 0 Å². The number of benzene rings is 1. The highest BCUT2D eigenvalue weighted by atomic mass is 16.5. The molecule has 0 bridgehead atoms. The van der Waals surface area contributed by atoms with E-state index in [1.807, 2.05) is 42.3 Å². The van der Waals surface area contributed by atoms with E-state index >= 15 is 0 Å². The van der Waals surface area contributed by atoms with E-state index in [9.17, 15) is 14.7 Å². The summed E-state index contributed by atoms with van der Waals surface area (Å²) in [5.41, 5.74) is 6.02. The maximum atomic E-state index is 12.2. The largest absolute Gasteiger partial charge is 0.474 e. The van der Waals surface area contributed by atoms with Crippen LogP contribution in [0.15, 0.2) is 36.7 Å². The molecule has 3 aliphatic rings. The van der Waals surface area contributed by atoms with Gasteiger partial charge in [0.15, 0.2) is 0 Å². The lowest BCUT2D eigenvalue weighted by molar-refractivity contribution is -0.133. The maximum Gasteiger partial charge on any atom is 0.412 e. The van der Waals surface area contributed by atoms with Gasteiger partial charge < -0.3 is 25.0 Å². The predicted molar refractivity (Wildman–Crippen MR) is 141 cm³/mol. The van der Waals surface area contributed by atoms with Crippen molar-refractivity contribution in [1.82, 2.24) is 19.9 Å². The Morgan fingerprint density at radius 1 is 1.08 bits per heavy atom. The molecule has 0 atom stereocenters. The highest BCUT2D eigenvalue weighted by Crippen LogP contribution is 2.39. The number of ether oxygens (including phenoxy) is 1. The van der Waals surface area contributed by atoms with Crippen molar-refractivity contribution in [2.75, 3.05) is 47.9 Å². The summed E-state index contributed by atoms with van der Waals surface area (Å²) in [6.45, 7) is 5.50. The molecular formula is C27H29N7O4. The summed E-state index contributed by atoms with van der Waals surface area (Å²) >= 11 is 0. The van der Waals surface area contributed by atoms with E-state index in [4.69, 9.17) is 9.72 Å². The number of likely N-dealkylation sites (tertiary alicyclic amines) is 1. The quantitative estimate of drug-likeness (QED) is 0.527. The second-order valence-electron chi connectivity index (χ2n) is 9.78. The number of pyridine rings is 1. The Kier molecular flexibility index (Phi) is 6.18. The second-order valence-corrected chi connectivity index (χ2v) is 9.78. The highest BCUT2D eigenvalue weighted by molar-refractivity contribution is 5.91. The molecule has 196 valence electrons. The minimum Gasteiger partial charge on any atom is -0.474 e. The van der Waals surface area contributed by atoms with Crippen LogP contribution < -0.4 is 19.9 Å². The van der Waals surface area contributed by atoms with Gasteiger partial charge in [-0.3, -0.25) is 9.69 Å². The molecule has 0 spiro atoms. The monoisotopic (exact) mass is 515 g/mol. The number of carbonyl (C=O) groups excluding carboxylic acids is 1. The number of aromatic nitrogens is 3. The van der Waals surface area contributed by atoms with Gasteiger partial charge in [0.25, 0.3) is 0 Å². The number of hydrogen-bond acceptors (Lipinski definition) is 8. The maximum absolute atomic E-state index is 12.2. The lowest BCUT2D eigenvalue weighted by atomic mass is 10.0. The van der Waals surface area contributed by atoms with Crippen molar-refractivity contribution in [3.05, 3.63) is 59.0 Å². The summed E-state index contributed by atoms with van der Waals surface area (Å²) in [5, 5.41) is 12.9. The normalized spacial score (nSPS) is 16.2. The Bertz CT molecular complexity index is 1390. The molecule has 38 heavy (non-hydrogen) atoms. The molecule has 3 aliphatic heterocycles. The molecule has 2 N–H and O–H groups in total. The summed E-state index contributed by atoms with van der Waals surface area (Å²) in [4.78, 5) is 43.1. The summed E-state index contributed by atoms with van der Waals surface area (Å²) < 4.78 is 5.62. The van der Waals surface area contributed by atoms with Crippen LogP contribution in [0, 0.1) is 6.92 Å². The van der Waals surface area contributed by atoms with Gasteiger partial charge in [0.2, 0.25) is 17.7 Å². The standard InChI is InChI=1S/C27H29N7O4/c1-17-22(15-28-25-24(17)34(27(36)37)11-12-38-25)33-10-7-19-14-29-26(31-21(19)16-33)30-20-5-3-18(4-6-20)13-23(35)32-8-2-9-32/h3-6,14-15H,2,7-13,16H2,1H3,(H,36,37)(H,29,30,31). The molecule has 2 aromatic heterocycles. The van der Waals surface area contributed by atoms with Gasteiger partial charge in [0.1, 0.15) is 12.3 Å². The molecule has 0 radical (unpaired) electrons. The number of nitrogens with zero attached hydrogens (tertiary/aromatic N) is 6. The lowest BCUT2D eigenvalue weighted by Crippen LogP contribution is -2.42. The van der Waals surface area contributed by atoms with E-state index < -0.39 is 6.09 Å². The second kappa shape index (κ2) is 9.81. The number of hydrogen-bond donors (Lipinski definition) is 2. The smallest absolute Gasteiger partial charge is 0.412 e. The molecule has 0 unspecified atom stereocenters. The van der Waals surface area contributed by atoms with E-state index in [2.05, 4.69) is 20.2 Å². The van der Waals surface area contributed by atoms with Crippen LogP contribution in [0.25, 0.3) is 0 Å². The van der Waals surface area contributed by atoms with Crippen LogP contribution in [0.1, 0.15) is 28.8 Å². The Labute approximate surface area is 220 Å². The van der Waals surface area contributed by atoms with Crippen molar-refractivity contribution in [3.63, 3.8) is 0 Å². The topological polar surface area (TPSA) is 124 Å². The molecule has 3 aromatic rings. The molecule has 11 nitrogen and oxygen atoms in total. The third-order valence-electron chi connectivity index (χ3n) is 7.36. The van der Waals surface area contributed by atoms with E-state index in [1.54, 1.807) is 6.20 Å². The van der Waals surface area contributed by atoms with Crippen molar-refractivity contribution < 1.29 is 19.4 Å². The van der Waals surface area contributed by atoms with Gasteiger partial charge in [-0.2, -0.15) is 0 Å². The first-order valence-corrected chi connectivity index (χ1v) is 12.8. The SMILES string of the molecule is Cc1c(N2CCc3cnc(Nc4ccc(CC(=O)N5CCC5)cc4)nc3C2)cnc2c1N(C(=O)O)CCO2. The van der Waals surface area contributed by atoms with Crippen molar-refractivity contribution in [3.8, 4) is 5.88 Å². The predicted octanol–water partition coefficient (Wildman–Crippen LogP) is 3.14. The van der Waals surface area contributed by atoms with Gasteiger partial charge in [-0.25, -0.2) is 19.7 Å². The Hall–Kier alpha value is -4.41. The molecule has 1 aromatic carbocycles. The Morgan fingerprint density at radius 3 is 2.63 bits per heavy atom. The lowest BCUT2D eigenvalue weighted by Gasteiger charge is -2.34. The number of amides is 2. The van der Waals surface area contributed by atoms with Crippen molar-refractivity contribution in [1.29, 1.82) is 0 Å². The zero-order chi connectivity index (χ0) is 26.2. The average molecular weight is 516 g/mol. The van der Waals surface area contributed by atoms with Gasteiger partial charge in [-0.05, 0) is 43.0 Å². The van der Waals surface area contributed by atoms with Crippen LogP contribution in [-0.4, -0.2) is 69.7 Å².